The summed E-state index contributed by atoms with van der Waals surface area (Å²) in [5, 5.41) is 23.9. The molecule has 7 nitrogen and oxygen atoms in total. The molecule has 4 rings (SSSR count). The van der Waals surface area contributed by atoms with Gasteiger partial charge in [0.05, 0.1) is 21.9 Å². The van der Waals surface area contributed by atoms with Gasteiger partial charge in [-0.1, -0.05) is 84.0 Å². The van der Waals surface area contributed by atoms with Crippen LogP contribution in [-0.2, 0) is 4.79 Å². The molecule has 0 bridgehead atoms. The minimum atomic E-state index is -0.594. The van der Waals surface area contributed by atoms with Crippen molar-refractivity contribution in [2.24, 2.45) is 0 Å². The van der Waals surface area contributed by atoms with Gasteiger partial charge in [0.2, 0.25) is 5.91 Å². The van der Waals surface area contributed by atoms with Crippen LogP contribution in [0.4, 0.5) is 11.4 Å². The number of hydrogen-bond acceptors (Lipinski definition) is 6. The van der Waals surface area contributed by atoms with Gasteiger partial charge in [-0.05, 0) is 23.8 Å². The summed E-state index contributed by atoms with van der Waals surface area (Å²) < 4.78 is 0. The number of benzene rings is 3. The van der Waals surface area contributed by atoms with Crippen molar-refractivity contribution in [2.75, 3.05) is 11.1 Å². The first-order valence-electron chi connectivity index (χ1n) is 10.4. The summed E-state index contributed by atoms with van der Waals surface area (Å²) in [6.45, 7) is 0. The highest BCUT2D eigenvalue weighted by atomic mass is 35.5. The van der Waals surface area contributed by atoms with Crippen LogP contribution in [0.3, 0.4) is 0 Å². The largest absolute Gasteiger partial charge is 0.325 e. The number of nitro groups is 1. The second-order valence-electron chi connectivity index (χ2n) is 7.34. The fourth-order valence-electron chi connectivity index (χ4n) is 3.40. The number of thioether (sulfide) groups is 1. The van der Waals surface area contributed by atoms with Gasteiger partial charge in [-0.3, -0.25) is 14.9 Å². The van der Waals surface area contributed by atoms with Gasteiger partial charge >= 0.3 is 0 Å². The third-order valence-electron chi connectivity index (χ3n) is 5.02. The highest BCUT2D eigenvalue weighted by Crippen LogP contribution is 2.34. The molecule has 1 amide bonds. The van der Waals surface area contributed by atoms with Crippen LogP contribution in [0.15, 0.2) is 90.0 Å². The van der Waals surface area contributed by atoms with E-state index in [9.17, 15) is 20.2 Å². The highest BCUT2D eigenvalue weighted by Gasteiger charge is 2.18. The lowest BCUT2D eigenvalue weighted by Gasteiger charge is -2.13. The van der Waals surface area contributed by atoms with Gasteiger partial charge in [0.15, 0.2) is 0 Å². The van der Waals surface area contributed by atoms with Crippen molar-refractivity contribution in [1.82, 2.24) is 4.98 Å². The van der Waals surface area contributed by atoms with Gasteiger partial charge < -0.3 is 5.32 Å². The van der Waals surface area contributed by atoms with Crippen LogP contribution in [0.25, 0.3) is 22.4 Å². The zero-order chi connectivity index (χ0) is 24.8. The Kier molecular flexibility index (Phi) is 7.41. The van der Waals surface area contributed by atoms with Crippen molar-refractivity contribution >= 4 is 40.6 Å². The van der Waals surface area contributed by atoms with E-state index in [-0.39, 0.29) is 22.4 Å². The summed E-state index contributed by atoms with van der Waals surface area (Å²) in [5.74, 6) is -0.389. The van der Waals surface area contributed by atoms with Crippen molar-refractivity contribution in [3.63, 3.8) is 0 Å². The van der Waals surface area contributed by atoms with Crippen molar-refractivity contribution in [3.05, 3.63) is 106 Å². The number of amides is 1. The first-order valence-corrected chi connectivity index (χ1v) is 11.7. The maximum atomic E-state index is 12.6. The van der Waals surface area contributed by atoms with Gasteiger partial charge in [-0.15, -0.1) is 0 Å². The Labute approximate surface area is 210 Å². The summed E-state index contributed by atoms with van der Waals surface area (Å²) >= 11 is 7.07. The third kappa shape index (κ3) is 5.66. The smallest absolute Gasteiger partial charge is 0.288 e. The van der Waals surface area contributed by atoms with E-state index in [0.29, 0.717) is 22.0 Å². The van der Waals surface area contributed by atoms with Gasteiger partial charge in [-0.25, -0.2) is 4.98 Å². The molecule has 0 atom stereocenters. The minimum absolute atomic E-state index is 0.0250. The Hall–Kier alpha value is -4.19. The topological polar surface area (TPSA) is 109 Å². The molecule has 0 radical (unpaired) electrons. The monoisotopic (exact) mass is 500 g/mol. The van der Waals surface area contributed by atoms with Crippen molar-refractivity contribution in [1.29, 1.82) is 5.26 Å². The summed E-state index contributed by atoms with van der Waals surface area (Å²) in [4.78, 5) is 27.6. The molecule has 0 aliphatic carbocycles. The van der Waals surface area contributed by atoms with Crippen LogP contribution < -0.4 is 5.32 Å². The molecule has 1 aromatic heterocycles. The number of carbonyl (C=O) groups is 1. The summed E-state index contributed by atoms with van der Waals surface area (Å²) in [5.41, 5.74) is 3.65. The zero-order valence-electron chi connectivity index (χ0n) is 18.1. The fraction of sp³-hybridized carbons (Fsp3) is 0.0385. The second kappa shape index (κ2) is 10.8. The zero-order valence-corrected chi connectivity index (χ0v) is 19.7. The lowest BCUT2D eigenvalue weighted by atomic mass is 9.99. The van der Waals surface area contributed by atoms with Crippen LogP contribution in [0.2, 0.25) is 5.02 Å². The molecule has 0 fully saturated rings. The van der Waals surface area contributed by atoms with E-state index in [1.807, 2.05) is 66.7 Å². The van der Waals surface area contributed by atoms with E-state index in [4.69, 9.17) is 11.6 Å². The molecule has 0 unspecified atom stereocenters. The minimum Gasteiger partial charge on any atom is -0.325 e. The molecule has 35 heavy (non-hydrogen) atoms. The van der Waals surface area contributed by atoms with Crippen LogP contribution in [0.5, 0.6) is 0 Å². The molecule has 1 heterocycles. The number of nitriles is 1. The number of carbonyl (C=O) groups excluding carboxylic acids is 1. The summed E-state index contributed by atoms with van der Waals surface area (Å²) in [7, 11) is 0. The van der Waals surface area contributed by atoms with Crippen LogP contribution >= 0.6 is 23.4 Å². The van der Waals surface area contributed by atoms with Crippen LogP contribution in [-0.4, -0.2) is 21.6 Å². The molecule has 4 aromatic rings. The number of nitrogens with one attached hydrogen (secondary N) is 1. The van der Waals surface area contributed by atoms with E-state index in [1.54, 1.807) is 0 Å². The number of nitrogens with zero attached hydrogens (tertiary/aromatic N) is 3. The molecular weight excluding hydrogens is 484 g/mol. The molecule has 0 aliphatic rings. The molecular formula is C26H17ClN4O3S. The van der Waals surface area contributed by atoms with Crippen LogP contribution in [0.1, 0.15) is 5.56 Å². The molecule has 1 N–H and O–H groups in total. The summed E-state index contributed by atoms with van der Waals surface area (Å²) in [6.07, 6.45) is 0. The molecule has 0 saturated carbocycles. The van der Waals surface area contributed by atoms with E-state index in [2.05, 4.69) is 16.4 Å². The quantitative estimate of drug-likeness (QED) is 0.174. The summed E-state index contributed by atoms with van der Waals surface area (Å²) in [6, 6.07) is 27.2. The Morgan fingerprint density at radius 2 is 1.69 bits per heavy atom. The van der Waals surface area contributed by atoms with Gasteiger partial charge in [0.1, 0.15) is 16.1 Å². The average molecular weight is 501 g/mol. The van der Waals surface area contributed by atoms with Gasteiger partial charge in [-0.2, -0.15) is 5.26 Å². The molecule has 0 saturated heterocycles. The Morgan fingerprint density at radius 3 is 2.29 bits per heavy atom. The van der Waals surface area contributed by atoms with Crippen molar-refractivity contribution in [2.45, 2.75) is 5.03 Å². The Morgan fingerprint density at radius 1 is 1.03 bits per heavy atom. The van der Waals surface area contributed by atoms with E-state index < -0.39 is 4.92 Å². The maximum absolute atomic E-state index is 12.6. The van der Waals surface area contributed by atoms with Crippen molar-refractivity contribution < 1.29 is 9.72 Å². The van der Waals surface area contributed by atoms with E-state index >= 15 is 0 Å². The number of pyridine rings is 1. The molecule has 3 aromatic carbocycles. The molecule has 9 heteroatoms. The number of nitro benzene ring substituents is 1. The number of anilines is 1. The fourth-order valence-corrected chi connectivity index (χ4v) is 4.45. The molecule has 0 spiro atoms. The first kappa shape index (κ1) is 24.0. The first-order chi connectivity index (χ1) is 17.0. The van der Waals surface area contributed by atoms with Gasteiger partial charge in [0, 0.05) is 22.9 Å². The number of rotatable bonds is 7. The lowest BCUT2D eigenvalue weighted by molar-refractivity contribution is -0.384. The van der Waals surface area contributed by atoms with Crippen molar-refractivity contribution in [3.8, 4) is 28.5 Å². The Balaban J connectivity index is 1.62. The number of hydrogen-bond donors (Lipinski definition) is 1. The molecule has 0 aliphatic heterocycles. The third-order valence-corrected chi connectivity index (χ3v) is 6.30. The molecule has 172 valence electrons. The standard InChI is InChI=1S/C26H17ClN4O3S/c27-22-13-19(11-12-24(22)31(33)34)29-25(32)16-35-26-21(15-28)20(17-7-3-1-4-8-17)14-23(30-26)18-9-5-2-6-10-18/h1-14H,16H2,(H,29,32). The second-order valence-corrected chi connectivity index (χ2v) is 8.71. The number of halogens is 1. The van der Waals surface area contributed by atoms with E-state index in [1.165, 1.54) is 18.2 Å². The van der Waals surface area contributed by atoms with Gasteiger partial charge in [0.25, 0.3) is 5.69 Å². The lowest BCUT2D eigenvalue weighted by Crippen LogP contribution is -2.14. The predicted octanol–water partition coefficient (Wildman–Crippen LogP) is 6.58. The van der Waals surface area contributed by atoms with E-state index in [0.717, 1.165) is 28.5 Å². The average Bonchev–Trinajstić information content (AvgIpc) is 2.87. The number of aromatic nitrogens is 1. The SMILES string of the molecule is N#Cc1c(-c2ccccc2)cc(-c2ccccc2)nc1SCC(=O)Nc1ccc([N+](=O)[O-])c(Cl)c1. The predicted molar refractivity (Wildman–Crippen MR) is 137 cm³/mol. The highest BCUT2D eigenvalue weighted by molar-refractivity contribution is 8.00. The Bertz CT molecular complexity index is 1440. The normalized spacial score (nSPS) is 10.4. The van der Waals surface area contributed by atoms with Crippen LogP contribution in [0, 0.1) is 21.4 Å². The maximum Gasteiger partial charge on any atom is 0.288 e.